The van der Waals surface area contributed by atoms with Gasteiger partial charge in [-0.2, -0.15) is 5.10 Å². The van der Waals surface area contributed by atoms with Gasteiger partial charge in [0.05, 0.1) is 12.1 Å². The first-order valence-electron chi connectivity index (χ1n) is 9.86. The van der Waals surface area contributed by atoms with Gasteiger partial charge in [0, 0.05) is 31.4 Å². The number of nitrogens with two attached hydrogens (primary N) is 1. The highest BCUT2D eigenvalue weighted by Gasteiger charge is 2.26. The van der Waals surface area contributed by atoms with Crippen molar-refractivity contribution in [2.75, 3.05) is 17.2 Å². The van der Waals surface area contributed by atoms with Gasteiger partial charge in [-0.25, -0.2) is 4.79 Å². The molecule has 9 nitrogen and oxygen atoms in total. The highest BCUT2D eigenvalue weighted by molar-refractivity contribution is 5.97. The molecule has 2 rings (SSSR count). The summed E-state index contributed by atoms with van der Waals surface area (Å²) in [5.41, 5.74) is 7.55. The second-order valence-corrected chi connectivity index (χ2v) is 8.35. The number of aromatic nitrogens is 4. The van der Waals surface area contributed by atoms with Gasteiger partial charge in [0.15, 0.2) is 5.69 Å². The Balaban J connectivity index is 2.56. The Kier molecular flexibility index (Phi) is 6.71. The van der Waals surface area contributed by atoms with E-state index in [2.05, 4.69) is 10.1 Å². The van der Waals surface area contributed by atoms with Gasteiger partial charge in [0.2, 0.25) is 5.91 Å². The van der Waals surface area contributed by atoms with Crippen LogP contribution in [0.1, 0.15) is 44.6 Å². The van der Waals surface area contributed by atoms with E-state index in [0.717, 1.165) is 17.0 Å². The number of H-pyrrole nitrogens is 1. The van der Waals surface area contributed by atoms with Crippen LogP contribution in [0.3, 0.4) is 0 Å². The van der Waals surface area contributed by atoms with Gasteiger partial charge in [-0.05, 0) is 25.7 Å². The fourth-order valence-corrected chi connectivity index (χ4v) is 3.39. The topological polar surface area (TPSA) is 119 Å². The smallest absolute Gasteiger partial charge is 0.330 e. The molecule has 3 N–H and O–H groups in total. The van der Waals surface area contributed by atoms with E-state index in [-0.39, 0.29) is 35.7 Å². The molecule has 0 aliphatic heterocycles. The fraction of sp³-hybridized carbons (Fsp3) is 0.600. The highest BCUT2D eigenvalue weighted by atomic mass is 16.2. The van der Waals surface area contributed by atoms with Crippen molar-refractivity contribution >= 4 is 17.4 Å². The number of anilines is 2. The van der Waals surface area contributed by atoms with E-state index in [1.54, 1.807) is 4.68 Å². The molecule has 0 spiro atoms. The maximum Gasteiger partial charge on any atom is 0.330 e. The van der Waals surface area contributed by atoms with Crippen LogP contribution in [0.2, 0.25) is 0 Å². The van der Waals surface area contributed by atoms with E-state index in [9.17, 15) is 14.4 Å². The number of carbonyl (C=O) groups excluding carboxylic acids is 1. The minimum atomic E-state index is -0.652. The summed E-state index contributed by atoms with van der Waals surface area (Å²) in [4.78, 5) is 41.9. The summed E-state index contributed by atoms with van der Waals surface area (Å²) in [5, 5.41) is 4.36. The van der Waals surface area contributed by atoms with Crippen LogP contribution in [0, 0.1) is 25.7 Å². The van der Waals surface area contributed by atoms with Crippen LogP contribution in [0.4, 0.5) is 11.5 Å². The molecule has 0 aromatic carbocycles. The van der Waals surface area contributed by atoms with Gasteiger partial charge in [-0.1, -0.05) is 27.7 Å². The molecule has 0 bridgehead atoms. The minimum Gasteiger partial charge on any atom is -0.383 e. The Morgan fingerprint density at radius 1 is 1.17 bits per heavy atom. The number of hydrogen-bond donors (Lipinski definition) is 2. The number of nitrogen functional groups attached to an aromatic ring is 1. The number of amides is 1. The van der Waals surface area contributed by atoms with Crippen molar-refractivity contribution in [3.63, 3.8) is 0 Å². The summed E-state index contributed by atoms with van der Waals surface area (Å²) >= 11 is 0. The Bertz CT molecular complexity index is 1010. The monoisotopic (exact) mass is 404 g/mol. The molecule has 2 aromatic heterocycles. The second-order valence-electron chi connectivity index (χ2n) is 8.35. The van der Waals surface area contributed by atoms with Gasteiger partial charge < -0.3 is 10.6 Å². The van der Waals surface area contributed by atoms with Crippen molar-refractivity contribution in [1.82, 2.24) is 19.3 Å². The zero-order chi connectivity index (χ0) is 22.0. The van der Waals surface area contributed by atoms with Crippen LogP contribution in [0.5, 0.6) is 0 Å². The number of rotatable bonds is 7. The Morgan fingerprint density at radius 3 is 2.28 bits per heavy atom. The van der Waals surface area contributed by atoms with E-state index < -0.39 is 11.2 Å². The summed E-state index contributed by atoms with van der Waals surface area (Å²) in [6.45, 7) is 12.2. The third-order valence-electron chi connectivity index (χ3n) is 4.87. The number of nitrogens with zero attached hydrogens (tertiary/aromatic N) is 4. The molecule has 1 amide bonds. The average molecular weight is 405 g/mol. The number of nitrogens with one attached hydrogen (secondary N) is 1. The summed E-state index contributed by atoms with van der Waals surface area (Å²) in [6.07, 6.45) is 0.0976. The standard InChI is InChI=1S/C20H32N6O3/c1-11(2)9-25(16(27)8-15-13(5)23-24(7)14(15)6)17-18(21)26(10-12(3)4)20(29)22-19(17)28/h11-12H,8-10,21H2,1-7H3,(H,22,28,29). The van der Waals surface area contributed by atoms with Gasteiger partial charge in [0.1, 0.15) is 5.82 Å². The summed E-state index contributed by atoms with van der Waals surface area (Å²) < 4.78 is 3.05. The lowest BCUT2D eigenvalue weighted by atomic mass is 10.1. The number of aryl methyl sites for hydroxylation is 2. The third kappa shape index (κ3) is 4.78. The number of hydrogen-bond acceptors (Lipinski definition) is 5. The highest BCUT2D eigenvalue weighted by Crippen LogP contribution is 2.22. The molecule has 2 aromatic rings. The van der Waals surface area contributed by atoms with Crippen molar-refractivity contribution in [1.29, 1.82) is 0 Å². The molecule has 9 heteroatoms. The Labute approximate surface area is 170 Å². The molecule has 0 saturated heterocycles. The molecule has 0 unspecified atom stereocenters. The zero-order valence-electron chi connectivity index (χ0n) is 18.4. The molecule has 0 aliphatic rings. The summed E-state index contributed by atoms with van der Waals surface area (Å²) in [7, 11) is 1.83. The van der Waals surface area contributed by atoms with Crippen LogP contribution >= 0.6 is 0 Å². The molecule has 0 radical (unpaired) electrons. The molecule has 0 atom stereocenters. The first kappa shape index (κ1) is 22.4. The lowest BCUT2D eigenvalue weighted by Crippen LogP contribution is -2.43. The second kappa shape index (κ2) is 8.67. The molecular weight excluding hydrogens is 372 g/mol. The maximum atomic E-state index is 13.3. The van der Waals surface area contributed by atoms with Crippen LogP contribution in [-0.4, -0.2) is 31.8 Å². The molecule has 0 fully saturated rings. The van der Waals surface area contributed by atoms with E-state index >= 15 is 0 Å². The Morgan fingerprint density at radius 2 is 1.79 bits per heavy atom. The van der Waals surface area contributed by atoms with E-state index in [1.165, 1.54) is 9.47 Å². The predicted molar refractivity (Wildman–Crippen MR) is 114 cm³/mol. The minimum absolute atomic E-state index is 0.0149. The zero-order valence-corrected chi connectivity index (χ0v) is 18.4. The van der Waals surface area contributed by atoms with Crippen LogP contribution < -0.4 is 21.9 Å². The lowest BCUT2D eigenvalue weighted by molar-refractivity contribution is -0.118. The van der Waals surface area contributed by atoms with Crippen molar-refractivity contribution in [3.8, 4) is 0 Å². The largest absolute Gasteiger partial charge is 0.383 e. The third-order valence-corrected chi connectivity index (χ3v) is 4.87. The molecule has 0 aliphatic carbocycles. The maximum absolute atomic E-state index is 13.3. The van der Waals surface area contributed by atoms with E-state index in [1.807, 2.05) is 48.6 Å². The van der Waals surface area contributed by atoms with Gasteiger partial charge >= 0.3 is 5.69 Å². The quantitative estimate of drug-likeness (QED) is 0.722. The molecule has 29 heavy (non-hydrogen) atoms. The summed E-state index contributed by atoms with van der Waals surface area (Å²) in [6, 6.07) is 0. The SMILES string of the molecule is Cc1nn(C)c(C)c1CC(=O)N(CC(C)C)c1c(N)n(CC(C)C)c(=O)[nH]c1=O. The van der Waals surface area contributed by atoms with Crippen molar-refractivity contribution in [3.05, 3.63) is 37.8 Å². The first-order valence-corrected chi connectivity index (χ1v) is 9.86. The van der Waals surface area contributed by atoms with Crippen LogP contribution in [0.15, 0.2) is 9.59 Å². The van der Waals surface area contributed by atoms with Gasteiger partial charge in [-0.3, -0.25) is 23.8 Å². The van der Waals surface area contributed by atoms with Crippen LogP contribution in [-0.2, 0) is 24.8 Å². The average Bonchev–Trinajstić information content (AvgIpc) is 2.83. The molecular formula is C20H32N6O3. The molecule has 2 heterocycles. The number of aromatic amines is 1. The van der Waals surface area contributed by atoms with E-state index in [4.69, 9.17) is 5.73 Å². The Hall–Kier alpha value is -2.84. The van der Waals surface area contributed by atoms with Crippen molar-refractivity contribution in [2.24, 2.45) is 18.9 Å². The molecule has 0 saturated carbocycles. The molecule has 160 valence electrons. The fourth-order valence-electron chi connectivity index (χ4n) is 3.39. The predicted octanol–water partition coefficient (Wildman–Crippen LogP) is 1.36. The normalized spacial score (nSPS) is 11.5. The van der Waals surface area contributed by atoms with Crippen molar-refractivity contribution in [2.45, 2.75) is 54.5 Å². The summed E-state index contributed by atoms with van der Waals surface area (Å²) in [5.74, 6) is -0.00561. The van der Waals surface area contributed by atoms with E-state index in [0.29, 0.717) is 13.1 Å². The van der Waals surface area contributed by atoms with Crippen LogP contribution in [0.25, 0.3) is 0 Å². The first-order chi connectivity index (χ1) is 13.4. The van der Waals surface area contributed by atoms with Gasteiger partial charge in [-0.15, -0.1) is 0 Å². The lowest BCUT2D eigenvalue weighted by Gasteiger charge is -2.26. The van der Waals surface area contributed by atoms with Gasteiger partial charge in [0.25, 0.3) is 5.56 Å². The van der Waals surface area contributed by atoms with Crippen molar-refractivity contribution < 1.29 is 4.79 Å². The number of carbonyl (C=O) groups is 1.